The Hall–Kier alpha value is -2.04. The number of carbonyl (C=O) groups excluding carboxylic acids is 2. The Bertz CT molecular complexity index is 913. The van der Waals surface area contributed by atoms with Gasteiger partial charge < -0.3 is 4.90 Å². The quantitative estimate of drug-likeness (QED) is 0.732. The molecule has 0 aliphatic carbocycles. The lowest BCUT2D eigenvalue weighted by atomic mass is 10.1. The van der Waals surface area contributed by atoms with E-state index in [4.69, 9.17) is 11.6 Å². The maximum Gasteiger partial charge on any atom is 0.270 e. The van der Waals surface area contributed by atoms with Crippen LogP contribution in [0.25, 0.3) is 0 Å². The van der Waals surface area contributed by atoms with Crippen molar-refractivity contribution in [1.29, 1.82) is 0 Å². The van der Waals surface area contributed by atoms with E-state index in [1.54, 1.807) is 0 Å². The number of rotatable bonds is 3. The van der Waals surface area contributed by atoms with Gasteiger partial charge in [0.15, 0.2) is 0 Å². The van der Waals surface area contributed by atoms with Crippen LogP contribution in [-0.2, 0) is 19.6 Å². The molecule has 0 bridgehead atoms. The number of hydrogen-bond donors (Lipinski definition) is 0. The number of benzene rings is 1. The van der Waals surface area contributed by atoms with Gasteiger partial charge >= 0.3 is 0 Å². The van der Waals surface area contributed by atoms with Crippen molar-refractivity contribution in [2.24, 2.45) is 5.10 Å². The molecule has 146 valence electrons. The number of carbonyl (C=O) groups is 2. The maximum atomic E-state index is 13.3. The lowest BCUT2D eigenvalue weighted by molar-refractivity contribution is -0.130. The fraction of sp³-hybridized carbons (Fsp3) is 0.438. The van der Waals surface area contributed by atoms with Gasteiger partial charge in [-0.2, -0.15) is 9.41 Å². The van der Waals surface area contributed by atoms with Gasteiger partial charge in [0.2, 0.25) is 15.9 Å². The minimum atomic E-state index is -3.83. The second-order valence-corrected chi connectivity index (χ2v) is 8.58. The van der Waals surface area contributed by atoms with Crippen LogP contribution >= 0.6 is 11.6 Å². The van der Waals surface area contributed by atoms with Crippen molar-refractivity contribution in [2.75, 3.05) is 33.2 Å². The molecule has 2 heterocycles. The van der Waals surface area contributed by atoms with Crippen molar-refractivity contribution >= 4 is 39.2 Å². The summed E-state index contributed by atoms with van der Waals surface area (Å²) in [6, 6.07) is 3.25. The van der Waals surface area contributed by atoms with Gasteiger partial charge in [0, 0.05) is 46.1 Å². The molecular formula is C16H18ClFN4O4S. The topological polar surface area (TPSA) is 90.4 Å². The van der Waals surface area contributed by atoms with E-state index in [0.717, 1.165) is 23.2 Å². The van der Waals surface area contributed by atoms with E-state index in [1.807, 2.05) is 0 Å². The number of nitrogens with zero attached hydrogens (tertiary/aromatic N) is 4. The highest BCUT2D eigenvalue weighted by atomic mass is 35.5. The van der Waals surface area contributed by atoms with E-state index in [-0.39, 0.29) is 60.8 Å². The van der Waals surface area contributed by atoms with E-state index >= 15 is 0 Å². The summed E-state index contributed by atoms with van der Waals surface area (Å²) >= 11 is 5.68. The monoisotopic (exact) mass is 416 g/mol. The van der Waals surface area contributed by atoms with Crippen LogP contribution in [-0.4, -0.2) is 73.4 Å². The van der Waals surface area contributed by atoms with E-state index in [9.17, 15) is 22.4 Å². The molecule has 1 aromatic rings. The highest BCUT2D eigenvalue weighted by molar-refractivity contribution is 7.89. The van der Waals surface area contributed by atoms with Crippen LogP contribution in [0.3, 0.4) is 0 Å². The summed E-state index contributed by atoms with van der Waals surface area (Å²) in [5.41, 5.74) is 0.290. The largest absolute Gasteiger partial charge is 0.335 e. The van der Waals surface area contributed by atoms with Gasteiger partial charge in [-0.25, -0.2) is 17.8 Å². The van der Waals surface area contributed by atoms with Crippen LogP contribution in [0.2, 0.25) is 5.02 Å². The summed E-state index contributed by atoms with van der Waals surface area (Å²) in [5.74, 6) is -1.14. The molecule has 0 N–H and O–H groups in total. The third-order valence-corrected chi connectivity index (χ3v) is 6.69. The van der Waals surface area contributed by atoms with Gasteiger partial charge in [0.1, 0.15) is 11.5 Å². The van der Waals surface area contributed by atoms with E-state index in [0.29, 0.717) is 5.71 Å². The fourth-order valence-corrected chi connectivity index (χ4v) is 4.62. The van der Waals surface area contributed by atoms with Gasteiger partial charge in [-0.1, -0.05) is 11.6 Å². The maximum absolute atomic E-state index is 13.3. The first-order valence-corrected chi connectivity index (χ1v) is 10.1. The van der Waals surface area contributed by atoms with Gasteiger partial charge in [-0.3, -0.25) is 9.59 Å². The molecular weight excluding hydrogens is 399 g/mol. The SMILES string of the molecule is CN1N=C(C(=O)N2CCN(S(=O)(=O)c3ccc(F)c(Cl)c3)CC2)CCC1=O. The van der Waals surface area contributed by atoms with E-state index in [1.165, 1.54) is 16.3 Å². The molecule has 2 aliphatic heterocycles. The van der Waals surface area contributed by atoms with Crippen molar-refractivity contribution in [3.05, 3.63) is 29.0 Å². The van der Waals surface area contributed by atoms with Crippen LogP contribution in [0.4, 0.5) is 4.39 Å². The standard InChI is InChI=1S/C16H18ClFN4O4S/c1-20-15(23)5-4-14(19-20)16(24)21-6-8-22(9-7-21)27(25,26)11-2-3-13(18)12(17)10-11/h2-3,10H,4-9H2,1H3. The lowest BCUT2D eigenvalue weighted by Gasteiger charge is -2.34. The molecule has 0 saturated carbocycles. The normalized spacial score (nSPS) is 19.2. The molecule has 0 spiro atoms. The van der Waals surface area contributed by atoms with E-state index < -0.39 is 15.8 Å². The van der Waals surface area contributed by atoms with Crippen molar-refractivity contribution in [2.45, 2.75) is 17.7 Å². The smallest absolute Gasteiger partial charge is 0.270 e. The Morgan fingerprint density at radius 2 is 1.85 bits per heavy atom. The Morgan fingerprint density at radius 1 is 1.19 bits per heavy atom. The first kappa shape index (κ1) is 19.7. The summed E-state index contributed by atoms with van der Waals surface area (Å²) in [7, 11) is -2.34. The number of sulfonamides is 1. The minimum absolute atomic E-state index is 0.0922. The number of amides is 2. The summed E-state index contributed by atoms with van der Waals surface area (Å²) in [6.45, 7) is 0.601. The highest BCUT2D eigenvalue weighted by Gasteiger charge is 2.33. The summed E-state index contributed by atoms with van der Waals surface area (Å²) < 4.78 is 39.9. The Labute approximate surface area is 161 Å². The number of piperazine rings is 1. The molecule has 0 atom stereocenters. The first-order valence-electron chi connectivity index (χ1n) is 8.28. The second kappa shape index (κ2) is 7.53. The van der Waals surface area contributed by atoms with Crippen molar-refractivity contribution in [1.82, 2.24) is 14.2 Å². The molecule has 0 radical (unpaired) electrons. The second-order valence-electron chi connectivity index (χ2n) is 6.24. The van der Waals surface area contributed by atoms with Crippen molar-refractivity contribution < 1.29 is 22.4 Å². The molecule has 2 amide bonds. The number of hydrazone groups is 1. The fourth-order valence-electron chi connectivity index (χ4n) is 2.92. The van der Waals surface area contributed by atoms with Gasteiger partial charge in [0.25, 0.3) is 5.91 Å². The van der Waals surface area contributed by atoms with Crippen LogP contribution in [0.15, 0.2) is 28.2 Å². The van der Waals surface area contributed by atoms with Crippen molar-refractivity contribution in [3.8, 4) is 0 Å². The zero-order valence-electron chi connectivity index (χ0n) is 14.6. The lowest BCUT2D eigenvalue weighted by Crippen LogP contribution is -2.52. The van der Waals surface area contributed by atoms with Crippen molar-refractivity contribution in [3.63, 3.8) is 0 Å². The van der Waals surface area contributed by atoms with Crippen LogP contribution in [0.5, 0.6) is 0 Å². The molecule has 1 fully saturated rings. The molecule has 27 heavy (non-hydrogen) atoms. The molecule has 0 unspecified atom stereocenters. The zero-order valence-corrected chi connectivity index (χ0v) is 16.1. The molecule has 11 heteroatoms. The Balaban J connectivity index is 1.68. The van der Waals surface area contributed by atoms with E-state index in [2.05, 4.69) is 5.10 Å². The number of hydrogen-bond acceptors (Lipinski definition) is 5. The predicted molar refractivity (Wildman–Crippen MR) is 96.2 cm³/mol. The highest BCUT2D eigenvalue weighted by Crippen LogP contribution is 2.23. The van der Waals surface area contributed by atoms with Gasteiger partial charge in [-0.05, 0) is 18.2 Å². The van der Waals surface area contributed by atoms with Crippen LogP contribution < -0.4 is 0 Å². The third-order valence-electron chi connectivity index (χ3n) is 4.51. The summed E-state index contributed by atoms with van der Waals surface area (Å²) in [4.78, 5) is 25.4. The predicted octanol–water partition coefficient (Wildman–Crippen LogP) is 0.920. The average Bonchev–Trinajstić information content (AvgIpc) is 2.65. The average molecular weight is 417 g/mol. The molecule has 2 aliphatic rings. The Morgan fingerprint density at radius 3 is 2.44 bits per heavy atom. The van der Waals surface area contributed by atoms with Gasteiger partial charge in [-0.15, -0.1) is 0 Å². The molecule has 3 rings (SSSR count). The van der Waals surface area contributed by atoms with Crippen LogP contribution in [0, 0.1) is 5.82 Å². The minimum Gasteiger partial charge on any atom is -0.335 e. The summed E-state index contributed by atoms with van der Waals surface area (Å²) in [6.07, 6.45) is 0.495. The third kappa shape index (κ3) is 3.97. The zero-order chi connectivity index (χ0) is 19.8. The molecule has 0 aromatic heterocycles. The molecule has 1 aromatic carbocycles. The first-order chi connectivity index (χ1) is 12.7. The number of halogens is 2. The van der Waals surface area contributed by atoms with Crippen LogP contribution in [0.1, 0.15) is 12.8 Å². The van der Waals surface area contributed by atoms with Gasteiger partial charge in [0.05, 0.1) is 9.92 Å². The summed E-state index contributed by atoms with van der Waals surface area (Å²) in [5, 5.41) is 4.88. The molecule has 1 saturated heterocycles. The molecule has 8 nitrogen and oxygen atoms in total. The Kier molecular flexibility index (Phi) is 5.50.